The molecule has 1 aliphatic rings. The summed E-state index contributed by atoms with van der Waals surface area (Å²) in [6.07, 6.45) is -0.465. The Morgan fingerprint density at radius 1 is 1.00 bits per heavy atom. The molecule has 1 aliphatic carbocycles. The lowest BCUT2D eigenvalue weighted by atomic mass is 10.2. The van der Waals surface area contributed by atoms with E-state index in [9.17, 15) is 22.8 Å². The summed E-state index contributed by atoms with van der Waals surface area (Å²) in [6, 6.07) is 8.66. The van der Waals surface area contributed by atoms with Crippen LogP contribution in [0.3, 0.4) is 0 Å². The minimum Gasteiger partial charge on any atom is -0.335 e. The summed E-state index contributed by atoms with van der Waals surface area (Å²) in [7, 11) is 0. The molecule has 1 saturated carbocycles. The van der Waals surface area contributed by atoms with Crippen molar-refractivity contribution >= 4 is 23.3 Å². The van der Waals surface area contributed by atoms with Crippen LogP contribution in [0.2, 0.25) is 0 Å². The number of alkyl halides is 3. The zero-order valence-electron chi connectivity index (χ0n) is 16.9. The van der Waals surface area contributed by atoms with Crippen LogP contribution in [0.1, 0.15) is 34.5 Å². The van der Waals surface area contributed by atoms with Crippen LogP contribution in [0.15, 0.2) is 48.8 Å². The third-order valence-electron chi connectivity index (χ3n) is 4.86. The number of carbonyl (C=O) groups excluding carboxylic acids is 2. The van der Waals surface area contributed by atoms with Crippen molar-refractivity contribution in [2.24, 2.45) is 0 Å². The maximum atomic E-state index is 12.7. The molecule has 0 atom stereocenters. The molecule has 32 heavy (non-hydrogen) atoms. The zero-order valence-corrected chi connectivity index (χ0v) is 16.9. The molecule has 0 saturated heterocycles. The first-order valence-electron chi connectivity index (χ1n) is 9.78. The molecule has 1 aromatic carbocycles. The van der Waals surface area contributed by atoms with Crippen LogP contribution in [0.5, 0.6) is 0 Å². The third-order valence-corrected chi connectivity index (χ3v) is 4.86. The number of aromatic nitrogens is 3. The van der Waals surface area contributed by atoms with E-state index in [1.807, 2.05) is 0 Å². The Kier molecular flexibility index (Phi) is 5.56. The van der Waals surface area contributed by atoms with Crippen molar-refractivity contribution in [2.75, 3.05) is 10.6 Å². The molecule has 3 amide bonds. The average Bonchev–Trinajstić information content (AvgIpc) is 3.47. The van der Waals surface area contributed by atoms with Gasteiger partial charge in [0.05, 0.1) is 23.0 Å². The number of nitrogens with one attached hydrogen (secondary N) is 3. The molecule has 2 heterocycles. The van der Waals surface area contributed by atoms with Crippen LogP contribution >= 0.6 is 0 Å². The second-order valence-corrected chi connectivity index (χ2v) is 7.36. The van der Waals surface area contributed by atoms with Gasteiger partial charge in [0.2, 0.25) is 0 Å². The summed E-state index contributed by atoms with van der Waals surface area (Å²) in [5.41, 5.74) is 0.885. The van der Waals surface area contributed by atoms with E-state index < -0.39 is 17.6 Å². The highest BCUT2D eigenvalue weighted by atomic mass is 19.4. The van der Waals surface area contributed by atoms with Crippen LogP contribution in [-0.2, 0) is 6.18 Å². The summed E-state index contributed by atoms with van der Waals surface area (Å²) >= 11 is 0. The number of hydrogen-bond donors (Lipinski definition) is 3. The fourth-order valence-corrected chi connectivity index (χ4v) is 2.96. The van der Waals surface area contributed by atoms with Gasteiger partial charge in [-0.25, -0.2) is 14.5 Å². The van der Waals surface area contributed by atoms with Crippen molar-refractivity contribution in [3.8, 4) is 5.82 Å². The van der Waals surface area contributed by atoms with E-state index in [4.69, 9.17) is 0 Å². The number of pyridine rings is 1. The van der Waals surface area contributed by atoms with Crippen molar-refractivity contribution in [3.05, 3.63) is 65.6 Å². The summed E-state index contributed by atoms with van der Waals surface area (Å²) in [5.74, 6) is -0.276. The highest BCUT2D eigenvalue weighted by Gasteiger charge is 2.31. The van der Waals surface area contributed by atoms with E-state index in [1.165, 1.54) is 16.9 Å². The lowest BCUT2D eigenvalue weighted by Gasteiger charge is -2.09. The van der Waals surface area contributed by atoms with Crippen molar-refractivity contribution in [3.63, 3.8) is 0 Å². The maximum Gasteiger partial charge on any atom is 0.417 e. The van der Waals surface area contributed by atoms with E-state index in [2.05, 4.69) is 26.0 Å². The topological polar surface area (TPSA) is 101 Å². The third kappa shape index (κ3) is 4.88. The first-order valence-corrected chi connectivity index (χ1v) is 9.78. The fourth-order valence-electron chi connectivity index (χ4n) is 2.96. The zero-order chi connectivity index (χ0) is 22.9. The summed E-state index contributed by atoms with van der Waals surface area (Å²) < 4.78 is 39.4. The number of rotatable bonds is 5. The van der Waals surface area contributed by atoms with E-state index in [1.54, 1.807) is 31.2 Å². The quantitative estimate of drug-likeness (QED) is 0.551. The second kappa shape index (κ2) is 8.33. The summed E-state index contributed by atoms with van der Waals surface area (Å²) in [6.45, 7) is 1.62. The number of halogens is 3. The second-order valence-electron chi connectivity index (χ2n) is 7.36. The molecule has 3 N–H and O–H groups in total. The lowest BCUT2D eigenvalue weighted by Crippen LogP contribution is -2.30. The summed E-state index contributed by atoms with van der Waals surface area (Å²) in [5, 5.41) is 12.3. The van der Waals surface area contributed by atoms with Gasteiger partial charge in [0.15, 0.2) is 5.82 Å². The van der Waals surface area contributed by atoms with Gasteiger partial charge in [0.1, 0.15) is 0 Å². The number of anilines is 2. The van der Waals surface area contributed by atoms with Gasteiger partial charge < -0.3 is 16.0 Å². The van der Waals surface area contributed by atoms with Gasteiger partial charge in [-0.15, -0.1) is 0 Å². The molecular formula is C21H19F3N6O2. The van der Waals surface area contributed by atoms with Gasteiger partial charge in [-0.2, -0.15) is 18.3 Å². The molecular weight excluding hydrogens is 425 g/mol. The van der Waals surface area contributed by atoms with Gasteiger partial charge in [0.25, 0.3) is 5.91 Å². The minimum atomic E-state index is -4.48. The Labute approximate surface area is 180 Å². The Balaban J connectivity index is 1.41. The number of urea groups is 1. The SMILES string of the molecule is Cc1c(C(=O)Nc2ccc(NC(=O)NC3CC3)cc2)cnn1-c1ccc(C(F)(F)F)cn1. The monoisotopic (exact) mass is 444 g/mol. The maximum absolute atomic E-state index is 12.7. The van der Waals surface area contributed by atoms with Gasteiger partial charge in [-0.3, -0.25) is 4.79 Å². The van der Waals surface area contributed by atoms with Crippen LogP contribution in [0.25, 0.3) is 5.82 Å². The molecule has 0 radical (unpaired) electrons. The van der Waals surface area contributed by atoms with Crippen LogP contribution in [-0.4, -0.2) is 32.7 Å². The molecule has 3 aromatic rings. The molecule has 0 spiro atoms. The fraction of sp³-hybridized carbons (Fsp3) is 0.238. The van der Waals surface area contributed by atoms with E-state index in [0.29, 0.717) is 17.1 Å². The first kappa shape index (κ1) is 21.3. The van der Waals surface area contributed by atoms with Gasteiger partial charge in [-0.1, -0.05) is 0 Å². The van der Waals surface area contributed by atoms with Gasteiger partial charge in [0, 0.05) is 23.6 Å². The Morgan fingerprint density at radius 2 is 1.66 bits per heavy atom. The molecule has 0 bridgehead atoms. The van der Waals surface area contributed by atoms with Crippen LogP contribution < -0.4 is 16.0 Å². The van der Waals surface area contributed by atoms with Crippen molar-refractivity contribution in [2.45, 2.75) is 32.0 Å². The smallest absolute Gasteiger partial charge is 0.335 e. The van der Waals surface area contributed by atoms with E-state index >= 15 is 0 Å². The van der Waals surface area contributed by atoms with E-state index in [-0.39, 0.29) is 23.5 Å². The van der Waals surface area contributed by atoms with Crippen molar-refractivity contribution in [1.82, 2.24) is 20.1 Å². The molecule has 4 rings (SSSR count). The van der Waals surface area contributed by atoms with Crippen LogP contribution in [0, 0.1) is 6.92 Å². The normalized spacial score (nSPS) is 13.5. The molecule has 166 valence electrons. The van der Waals surface area contributed by atoms with Gasteiger partial charge >= 0.3 is 12.2 Å². The van der Waals surface area contributed by atoms with E-state index in [0.717, 1.165) is 25.1 Å². The molecule has 2 aromatic heterocycles. The Hall–Kier alpha value is -3.89. The minimum absolute atomic E-state index is 0.162. The van der Waals surface area contributed by atoms with Crippen molar-refractivity contribution in [1.29, 1.82) is 0 Å². The highest BCUT2D eigenvalue weighted by molar-refractivity contribution is 6.05. The Bertz CT molecular complexity index is 1140. The lowest BCUT2D eigenvalue weighted by molar-refractivity contribution is -0.137. The molecule has 1 fully saturated rings. The number of carbonyl (C=O) groups is 2. The summed E-state index contributed by atoms with van der Waals surface area (Å²) in [4.78, 5) is 28.2. The first-order chi connectivity index (χ1) is 15.2. The van der Waals surface area contributed by atoms with Gasteiger partial charge in [-0.05, 0) is 56.2 Å². The number of hydrogen-bond acceptors (Lipinski definition) is 4. The van der Waals surface area contributed by atoms with Crippen LogP contribution in [0.4, 0.5) is 29.3 Å². The van der Waals surface area contributed by atoms with Crippen molar-refractivity contribution < 1.29 is 22.8 Å². The predicted molar refractivity (Wildman–Crippen MR) is 111 cm³/mol. The molecule has 11 heteroatoms. The standard InChI is InChI=1S/C21H19F3N6O2/c1-12-17(11-26-30(12)18-9-2-13(10-25-18)21(22,23)24)19(31)27-14-3-5-15(6-4-14)28-20(32)29-16-7-8-16/h2-6,9-11,16H,7-8H2,1H3,(H,27,31)(H2,28,29,32). The molecule has 8 nitrogen and oxygen atoms in total. The Morgan fingerprint density at radius 3 is 2.22 bits per heavy atom. The number of benzene rings is 1. The average molecular weight is 444 g/mol. The highest BCUT2D eigenvalue weighted by Crippen LogP contribution is 2.29. The molecule has 0 aliphatic heterocycles. The largest absolute Gasteiger partial charge is 0.417 e. The number of amides is 3. The molecule has 0 unspecified atom stereocenters. The predicted octanol–water partition coefficient (Wildman–Crippen LogP) is 4.13. The number of nitrogens with zero attached hydrogens (tertiary/aromatic N) is 3.